The average Bonchev–Trinajstić information content (AvgIpc) is 2.65. The Hall–Kier alpha value is -0.780. The second-order valence-electron chi connectivity index (χ2n) is 3.43. The molecule has 0 fully saturated rings. The van der Waals surface area contributed by atoms with E-state index < -0.39 is 12.5 Å². The SMILES string of the molecule is OC1C=C(c2cscc2C(F)F)CNC1. The van der Waals surface area contributed by atoms with Crippen LogP contribution in [0.1, 0.15) is 17.6 Å². The molecule has 0 spiro atoms. The minimum Gasteiger partial charge on any atom is -0.388 e. The smallest absolute Gasteiger partial charge is 0.265 e. The van der Waals surface area contributed by atoms with Crippen molar-refractivity contribution in [3.63, 3.8) is 0 Å². The van der Waals surface area contributed by atoms with Crippen LogP contribution in [0.5, 0.6) is 0 Å². The van der Waals surface area contributed by atoms with Gasteiger partial charge in [0, 0.05) is 24.0 Å². The Bertz CT molecular complexity index is 375. The van der Waals surface area contributed by atoms with Crippen LogP contribution in [0.15, 0.2) is 16.8 Å². The van der Waals surface area contributed by atoms with Crippen molar-refractivity contribution < 1.29 is 13.9 Å². The molecule has 1 aromatic rings. The van der Waals surface area contributed by atoms with E-state index in [9.17, 15) is 13.9 Å². The minimum absolute atomic E-state index is 0.0575. The predicted molar refractivity (Wildman–Crippen MR) is 56.1 cm³/mol. The number of nitrogens with one attached hydrogen (secondary N) is 1. The first-order valence-corrected chi connectivity index (χ1v) is 5.57. The van der Waals surface area contributed by atoms with Gasteiger partial charge in [-0.15, -0.1) is 0 Å². The Balaban J connectivity index is 2.32. The van der Waals surface area contributed by atoms with Gasteiger partial charge in [0.05, 0.1) is 6.10 Å². The number of aliphatic hydroxyl groups is 1. The highest BCUT2D eigenvalue weighted by Crippen LogP contribution is 2.31. The van der Waals surface area contributed by atoms with Gasteiger partial charge in [0.1, 0.15) is 0 Å². The summed E-state index contributed by atoms with van der Waals surface area (Å²) in [5, 5.41) is 15.5. The lowest BCUT2D eigenvalue weighted by atomic mass is 10.0. The Kier molecular flexibility index (Phi) is 3.14. The zero-order valence-electron chi connectivity index (χ0n) is 7.91. The van der Waals surface area contributed by atoms with Crippen molar-refractivity contribution >= 4 is 16.9 Å². The number of rotatable bonds is 2. The molecule has 1 aromatic heterocycles. The van der Waals surface area contributed by atoms with Gasteiger partial charge in [0.15, 0.2) is 0 Å². The van der Waals surface area contributed by atoms with E-state index in [0.717, 1.165) is 5.57 Å². The molecule has 2 nitrogen and oxygen atoms in total. The third-order valence-electron chi connectivity index (χ3n) is 2.34. The third kappa shape index (κ3) is 2.25. The van der Waals surface area contributed by atoms with Crippen molar-refractivity contribution in [2.45, 2.75) is 12.5 Å². The first kappa shape index (κ1) is 10.7. The van der Waals surface area contributed by atoms with Crippen molar-refractivity contribution in [1.82, 2.24) is 5.32 Å². The molecular weight excluding hydrogens is 220 g/mol. The number of alkyl halides is 2. The second-order valence-corrected chi connectivity index (χ2v) is 4.18. The molecule has 0 saturated carbocycles. The average molecular weight is 231 g/mol. The number of aliphatic hydroxyl groups excluding tert-OH is 1. The summed E-state index contributed by atoms with van der Waals surface area (Å²) in [5.41, 5.74) is 1.37. The molecule has 2 heterocycles. The molecular formula is C10H11F2NOS. The quantitative estimate of drug-likeness (QED) is 0.816. The molecule has 82 valence electrons. The van der Waals surface area contributed by atoms with Gasteiger partial charge in [0.25, 0.3) is 6.43 Å². The molecule has 0 aliphatic carbocycles. The van der Waals surface area contributed by atoms with E-state index in [1.165, 1.54) is 16.7 Å². The first-order chi connectivity index (χ1) is 7.18. The standard InChI is InChI=1S/C10H11F2NOS/c11-10(12)9-5-15-4-8(9)6-1-7(14)3-13-2-6/h1,4-5,7,10,13-14H,2-3H2. The van der Waals surface area contributed by atoms with Gasteiger partial charge in [-0.05, 0) is 22.6 Å². The molecule has 1 unspecified atom stereocenters. The maximum absolute atomic E-state index is 12.6. The lowest BCUT2D eigenvalue weighted by Crippen LogP contribution is -2.31. The molecule has 0 aromatic carbocycles. The van der Waals surface area contributed by atoms with Crippen LogP contribution in [0.2, 0.25) is 0 Å². The summed E-state index contributed by atoms with van der Waals surface area (Å²) in [6.45, 7) is 1.02. The summed E-state index contributed by atoms with van der Waals surface area (Å²) in [4.78, 5) is 0. The van der Waals surface area contributed by atoms with E-state index in [1.54, 1.807) is 11.5 Å². The molecule has 5 heteroatoms. The summed E-state index contributed by atoms with van der Waals surface area (Å²) in [5.74, 6) is 0. The largest absolute Gasteiger partial charge is 0.388 e. The van der Waals surface area contributed by atoms with E-state index in [2.05, 4.69) is 5.32 Å². The van der Waals surface area contributed by atoms with Gasteiger partial charge in [-0.1, -0.05) is 0 Å². The summed E-state index contributed by atoms with van der Waals surface area (Å²) in [6.07, 6.45) is -1.39. The number of hydrogen-bond donors (Lipinski definition) is 2. The Labute approximate surface area is 90.2 Å². The second kappa shape index (κ2) is 4.38. The van der Waals surface area contributed by atoms with Gasteiger partial charge >= 0.3 is 0 Å². The van der Waals surface area contributed by atoms with Gasteiger partial charge in [-0.25, -0.2) is 8.78 Å². The molecule has 1 aliphatic heterocycles. The molecule has 1 atom stereocenters. The van der Waals surface area contributed by atoms with Crippen LogP contribution in [0.25, 0.3) is 5.57 Å². The highest BCUT2D eigenvalue weighted by atomic mass is 32.1. The maximum atomic E-state index is 12.6. The highest BCUT2D eigenvalue weighted by molar-refractivity contribution is 7.08. The van der Waals surface area contributed by atoms with E-state index >= 15 is 0 Å². The first-order valence-electron chi connectivity index (χ1n) is 4.62. The molecule has 0 radical (unpaired) electrons. The van der Waals surface area contributed by atoms with Crippen LogP contribution in [0.4, 0.5) is 8.78 Å². The number of β-amino-alcohol motifs (C(OH)–C–C–N with tert-alkyl or cyclic N) is 1. The summed E-state index contributed by atoms with van der Waals surface area (Å²) in [6, 6.07) is 0. The number of hydrogen-bond acceptors (Lipinski definition) is 3. The van der Waals surface area contributed by atoms with Crippen molar-refractivity contribution in [1.29, 1.82) is 0 Å². The molecule has 2 N–H and O–H groups in total. The number of thiophene rings is 1. The minimum atomic E-state index is -2.45. The van der Waals surface area contributed by atoms with Crippen molar-refractivity contribution in [2.24, 2.45) is 0 Å². The topological polar surface area (TPSA) is 32.3 Å². The summed E-state index contributed by atoms with van der Waals surface area (Å²) >= 11 is 1.26. The predicted octanol–water partition coefficient (Wildman–Crippen LogP) is 2.03. The Morgan fingerprint density at radius 3 is 2.93 bits per heavy atom. The van der Waals surface area contributed by atoms with E-state index in [4.69, 9.17) is 0 Å². The van der Waals surface area contributed by atoms with Gasteiger partial charge in [-0.2, -0.15) is 11.3 Å². The molecule has 1 aliphatic rings. The summed E-state index contributed by atoms with van der Waals surface area (Å²) in [7, 11) is 0. The van der Waals surface area contributed by atoms with Gasteiger partial charge in [0.2, 0.25) is 0 Å². The maximum Gasteiger partial charge on any atom is 0.265 e. The fourth-order valence-corrected chi connectivity index (χ4v) is 2.49. The van der Waals surface area contributed by atoms with E-state index in [0.29, 0.717) is 18.7 Å². The number of halogens is 2. The van der Waals surface area contributed by atoms with Crippen LogP contribution in [0, 0.1) is 0 Å². The van der Waals surface area contributed by atoms with Crippen molar-refractivity contribution in [3.05, 3.63) is 28.0 Å². The fourth-order valence-electron chi connectivity index (χ4n) is 1.63. The van der Waals surface area contributed by atoms with Gasteiger partial charge < -0.3 is 10.4 Å². The highest BCUT2D eigenvalue weighted by Gasteiger charge is 2.19. The lowest BCUT2D eigenvalue weighted by molar-refractivity contribution is 0.151. The molecule has 15 heavy (non-hydrogen) atoms. The molecule has 0 saturated heterocycles. The summed E-state index contributed by atoms with van der Waals surface area (Å²) < 4.78 is 25.2. The normalized spacial score (nSPS) is 21.9. The van der Waals surface area contributed by atoms with E-state index in [-0.39, 0.29) is 5.56 Å². The Morgan fingerprint density at radius 2 is 2.27 bits per heavy atom. The van der Waals surface area contributed by atoms with Crippen LogP contribution in [0.3, 0.4) is 0 Å². The van der Waals surface area contributed by atoms with E-state index in [1.807, 2.05) is 0 Å². The fraction of sp³-hybridized carbons (Fsp3) is 0.400. The van der Waals surface area contributed by atoms with Crippen molar-refractivity contribution in [3.8, 4) is 0 Å². The van der Waals surface area contributed by atoms with Crippen LogP contribution >= 0.6 is 11.3 Å². The van der Waals surface area contributed by atoms with Crippen LogP contribution < -0.4 is 5.32 Å². The zero-order chi connectivity index (χ0) is 10.8. The van der Waals surface area contributed by atoms with Crippen LogP contribution in [-0.4, -0.2) is 24.3 Å². The molecule has 2 rings (SSSR count). The molecule has 0 bridgehead atoms. The van der Waals surface area contributed by atoms with Gasteiger partial charge in [-0.3, -0.25) is 0 Å². The zero-order valence-corrected chi connectivity index (χ0v) is 8.73. The lowest BCUT2D eigenvalue weighted by Gasteiger charge is -2.18. The van der Waals surface area contributed by atoms with Crippen molar-refractivity contribution in [2.75, 3.05) is 13.1 Å². The monoisotopic (exact) mass is 231 g/mol. The molecule has 0 amide bonds. The Morgan fingerprint density at radius 1 is 1.47 bits per heavy atom. The van der Waals surface area contributed by atoms with Crippen LogP contribution in [-0.2, 0) is 0 Å². The third-order valence-corrected chi connectivity index (χ3v) is 3.10.